The summed E-state index contributed by atoms with van der Waals surface area (Å²) in [7, 11) is 0. The first-order valence-corrected chi connectivity index (χ1v) is 14.3. The molecule has 2 fully saturated rings. The molecule has 3 atom stereocenters. The van der Waals surface area contributed by atoms with Crippen LogP contribution in [-0.4, -0.2) is 45.7 Å². The molecular formula is C33H35N3O4. The van der Waals surface area contributed by atoms with Crippen molar-refractivity contribution >= 4 is 17.7 Å². The van der Waals surface area contributed by atoms with Gasteiger partial charge in [-0.3, -0.25) is 24.6 Å². The van der Waals surface area contributed by atoms with Crippen molar-refractivity contribution in [3.05, 3.63) is 101 Å². The van der Waals surface area contributed by atoms with E-state index in [1.807, 2.05) is 18.2 Å². The highest BCUT2D eigenvalue weighted by Crippen LogP contribution is 2.33. The van der Waals surface area contributed by atoms with Gasteiger partial charge in [-0.1, -0.05) is 67.1 Å². The van der Waals surface area contributed by atoms with Crippen molar-refractivity contribution in [2.75, 3.05) is 0 Å². The van der Waals surface area contributed by atoms with Crippen molar-refractivity contribution in [2.24, 2.45) is 0 Å². The van der Waals surface area contributed by atoms with Gasteiger partial charge in [-0.05, 0) is 60.6 Å². The van der Waals surface area contributed by atoms with Gasteiger partial charge in [0.1, 0.15) is 17.9 Å². The second-order valence-corrected chi connectivity index (χ2v) is 11.1. The number of piperidine rings is 1. The molecule has 7 nitrogen and oxygen atoms in total. The lowest BCUT2D eigenvalue weighted by atomic mass is 9.90. The first-order chi connectivity index (χ1) is 19.5. The van der Waals surface area contributed by atoms with Crippen molar-refractivity contribution in [3.63, 3.8) is 0 Å². The predicted molar refractivity (Wildman–Crippen MR) is 151 cm³/mol. The molecule has 3 aliphatic rings. The first-order valence-electron chi connectivity index (χ1n) is 14.3. The number of fused-ring (bicyclic) bond motifs is 1. The van der Waals surface area contributed by atoms with Crippen LogP contribution in [-0.2, 0) is 29.2 Å². The van der Waals surface area contributed by atoms with E-state index in [2.05, 4.69) is 70.9 Å². The van der Waals surface area contributed by atoms with Crippen LogP contribution >= 0.6 is 0 Å². The Morgan fingerprint density at radius 1 is 0.825 bits per heavy atom. The number of ether oxygens (including phenoxy) is 1. The van der Waals surface area contributed by atoms with E-state index in [0.717, 1.165) is 43.7 Å². The minimum Gasteiger partial charge on any atom is -0.489 e. The van der Waals surface area contributed by atoms with Gasteiger partial charge in [0.2, 0.25) is 11.8 Å². The van der Waals surface area contributed by atoms with E-state index in [1.165, 1.54) is 17.5 Å². The molecule has 0 radical (unpaired) electrons. The third kappa shape index (κ3) is 5.65. The van der Waals surface area contributed by atoms with Crippen LogP contribution in [0, 0.1) is 0 Å². The summed E-state index contributed by atoms with van der Waals surface area (Å²) in [5.74, 6) is -0.0796. The highest BCUT2D eigenvalue weighted by Gasteiger charge is 2.39. The highest BCUT2D eigenvalue weighted by atomic mass is 16.5. The fraction of sp³-hybridized carbons (Fsp3) is 0.364. The molecule has 1 saturated heterocycles. The predicted octanol–water partition coefficient (Wildman–Crippen LogP) is 4.84. The molecule has 0 aromatic heterocycles. The molecule has 1 aliphatic carbocycles. The zero-order chi connectivity index (χ0) is 27.5. The number of nitrogens with one attached hydrogen (secondary N) is 1. The normalized spacial score (nSPS) is 22.8. The summed E-state index contributed by atoms with van der Waals surface area (Å²) in [5, 5.41) is 2.37. The summed E-state index contributed by atoms with van der Waals surface area (Å²) in [6, 6.07) is 26.5. The molecule has 1 N–H and O–H groups in total. The van der Waals surface area contributed by atoms with E-state index in [-0.39, 0.29) is 30.4 Å². The van der Waals surface area contributed by atoms with E-state index >= 15 is 0 Å². The summed E-state index contributed by atoms with van der Waals surface area (Å²) in [5.41, 5.74) is 4.04. The lowest BCUT2D eigenvalue weighted by molar-refractivity contribution is -0.136. The fourth-order valence-electron chi connectivity index (χ4n) is 6.36. The Balaban J connectivity index is 1.20. The smallest absolute Gasteiger partial charge is 0.255 e. The number of rotatable bonds is 8. The standard InChI is InChI=1S/C33H35N3O4/c37-31-18-17-29(32(38)34-31)36-22-25-19-26(15-16-27(25)33(36)39)40-30-14-8-7-13-28(30)35(20-23-9-3-1-4-10-23)21-24-11-5-2-6-12-24/h1-6,9-12,15-16,19,28-30H,7-8,13-14,17-18,20-22H2,(H,34,37,38)/t28-,29?,30+/m0/s1. The minimum absolute atomic E-state index is 0.0302. The lowest BCUT2D eigenvalue weighted by Crippen LogP contribution is -2.52. The van der Waals surface area contributed by atoms with Crippen LogP contribution in [0.15, 0.2) is 78.9 Å². The highest BCUT2D eigenvalue weighted by molar-refractivity contribution is 6.05. The third-order valence-corrected chi connectivity index (χ3v) is 8.38. The lowest BCUT2D eigenvalue weighted by Gasteiger charge is -2.40. The van der Waals surface area contributed by atoms with E-state index < -0.39 is 11.9 Å². The average Bonchev–Trinajstić information content (AvgIpc) is 3.29. The Labute approximate surface area is 235 Å². The molecule has 1 saturated carbocycles. The molecule has 1 unspecified atom stereocenters. The SMILES string of the molecule is O=C1CCC(N2Cc3cc(O[C@@H]4CCCC[C@@H]4N(Cc4ccccc4)Cc4ccccc4)ccc3C2=O)C(=O)N1. The van der Waals surface area contributed by atoms with Crippen LogP contribution in [0.5, 0.6) is 5.75 Å². The van der Waals surface area contributed by atoms with Gasteiger partial charge in [0.05, 0.1) is 0 Å². The number of imide groups is 1. The van der Waals surface area contributed by atoms with Gasteiger partial charge < -0.3 is 9.64 Å². The Hall–Kier alpha value is -3.97. The first kappa shape index (κ1) is 26.3. The molecule has 3 aromatic rings. The van der Waals surface area contributed by atoms with Gasteiger partial charge in [-0.2, -0.15) is 0 Å². The number of benzene rings is 3. The molecule has 3 aromatic carbocycles. The van der Waals surface area contributed by atoms with Crippen molar-refractivity contribution in [1.82, 2.24) is 15.1 Å². The Morgan fingerprint density at radius 3 is 2.17 bits per heavy atom. The second-order valence-electron chi connectivity index (χ2n) is 11.1. The quantitative estimate of drug-likeness (QED) is 0.416. The second kappa shape index (κ2) is 11.6. The Kier molecular flexibility index (Phi) is 7.64. The number of carbonyl (C=O) groups is 3. The number of carbonyl (C=O) groups excluding carboxylic acids is 3. The molecule has 0 bridgehead atoms. The average molecular weight is 538 g/mol. The molecule has 7 heteroatoms. The summed E-state index contributed by atoms with van der Waals surface area (Å²) in [4.78, 5) is 41.3. The van der Waals surface area contributed by atoms with Gasteiger partial charge in [0.25, 0.3) is 5.91 Å². The molecule has 2 aliphatic heterocycles. The van der Waals surface area contributed by atoms with Crippen LogP contribution in [0.1, 0.15) is 65.6 Å². The van der Waals surface area contributed by atoms with Crippen molar-refractivity contribution in [3.8, 4) is 5.75 Å². The Bertz CT molecular complexity index is 1340. The van der Waals surface area contributed by atoms with Crippen LogP contribution in [0.2, 0.25) is 0 Å². The topological polar surface area (TPSA) is 79.0 Å². The van der Waals surface area contributed by atoms with Crippen molar-refractivity contribution in [2.45, 2.75) is 76.3 Å². The van der Waals surface area contributed by atoms with Crippen LogP contribution in [0.4, 0.5) is 0 Å². The number of amides is 3. The van der Waals surface area contributed by atoms with E-state index in [0.29, 0.717) is 18.5 Å². The number of nitrogens with zero attached hydrogens (tertiary/aromatic N) is 2. The maximum absolute atomic E-state index is 13.1. The van der Waals surface area contributed by atoms with E-state index in [9.17, 15) is 14.4 Å². The van der Waals surface area contributed by atoms with Gasteiger partial charge in [0, 0.05) is 37.7 Å². The Morgan fingerprint density at radius 2 is 1.50 bits per heavy atom. The molecule has 3 amide bonds. The molecule has 0 spiro atoms. The van der Waals surface area contributed by atoms with Crippen LogP contribution < -0.4 is 10.1 Å². The van der Waals surface area contributed by atoms with Gasteiger partial charge >= 0.3 is 0 Å². The number of hydrogen-bond donors (Lipinski definition) is 1. The van der Waals surface area contributed by atoms with Crippen LogP contribution in [0.3, 0.4) is 0 Å². The summed E-state index contributed by atoms with van der Waals surface area (Å²) in [6.45, 7) is 2.04. The molecule has 6 rings (SSSR count). The summed E-state index contributed by atoms with van der Waals surface area (Å²) in [6.07, 6.45) is 4.97. The molecule has 2 heterocycles. The van der Waals surface area contributed by atoms with E-state index in [1.54, 1.807) is 4.90 Å². The van der Waals surface area contributed by atoms with E-state index in [4.69, 9.17) is 4.74 Å². The van der Waals surface area contributed by atoms with Crippen molar-refractivity contribution < 1.29 is 19.1 Å². The summed E-state index contributed by atoms with van der Waals surface area (Å²) < 4.78 is 6.71. The van der Waals surface area contributed by atoms with Gasteiger partial charge in [0.15, 0.2) is 0 Å². The van der Waals surface area contributed by atoms with Crippen molar-refractivity contribution in [1.29, 1.82) is 0 Å². The molecular weight excluding hydrogens is 502 g/mol. The molecule has 206 valence electrons. The monoisotopic (exact) mass is 537 g/mol. The maximum Gasteiger partial charge on any atom is 0.255 e. The number of hydrogen-bond acceptors (Lipinski definition) is 5. The van der Waals surface area contributed by atoms with Gasteiger partial charge in [-0.25, -0.2) is 0 Å². The minimum atomic E-state index is -0.616. The molecule has 40 heavy (non-hydrogen) atoms. The third-order valence-electron chi connectivity index (χ3n) is 8.38. The maximum atomic E-state index is 13.1. The summed E-state index contributed by atoms with van der Waals surface area (Å²) >= 11 is 0. The zero-order valence-corrected chi connectivity index (χ0v) is 22.6. The largest absolute Gasteiger partial charge is 0.489 e. The zero-order valence-electron chi connectivity index (χ0n) is 22.6. The van der Waals surface area contributed by atoms with Gasteiger partial charge in [-0.15, -0.1) is 0 Å². The fourth-order valence-corrected chi connectivity index (χ4v) is 6.36. The van der Waals surface area contributed by atoms with Crippen LogP contribution in [0.25, 0.3) is 0 Å².